The zero-order valence-electron chi connectivity index (χ0n) is 26.0. The Balaban J connectivity index is 2.13. The summed E-state index contributed by atoms with van der Waals surface area (Å²) in [5, 5.41) is 3.67. The number of methoxy groups -OCH3 is 2. The lowest BCUT2D eigenvalue weighted by atomic mass is 10.1. The van der Waals surface area contributed by atoms with Crippen molar-refractivity contribution in [2.24, 2.45) is 0 Å². The Labute approximate surface area is 270 Å². The van der Waals surface area contributed by atoms with E-state index in [2.05, 4.69) is 5.32 Å². The molecule has 0 spiro atoms. The van der Waals surface area contributed by atoms with Crippen LogP contribution < -0.4 is 19.1 Å². The van der Waals surface area contributed by atoms with E-state index < -0.39 is 34.1 Å². The van der Waals surface area contributed by atoms with E-state index in [-0.39, 0.29) is 35.2 Å². The first kappa shape index (κ1) is 35.0. The van der Waals surface area contributed by atoms with Crippen molar-refractivity contribution in [2.45, 2.75) is 64.1 Å². The molecule has 0 saturated carbocycles. The van der Waals surface area contributed by atoms with Crippen molar-refractivity contribution in [3.05, 3.63) is 81.8 Å². The Hall–Kier alpha value is -3.47. The van der Waals surface area contributed by atoms with Crippen LogP contribution in [0.5, 0.6) is 11.5 Å². The van der Waals surface area contributed by atoms with Crippen molar-refractivity contribution in [1.82, 2.24) is 10.2 Å². The number of sulfonamides is 1. The van der Waals surface area contributed by atoms with Gasteiger partial charge in [-0.2, -0.15) is 0 Å². The number of amides is 2. The number of nitrogens with zero attached hydrogens (tertiary/aromatic N) is 2. The van der Waals surface area contributed by atoms with Gasteiger partial charge >= 0.3 is 0 Å². The van der Waals surface area contributed by atoms with Gasteiger partial charge in [0, 0.05) is 28.2 Å². The highest BCUT2D eigenvalue weighted by atomic mass is 35.5. The summed E-state index contributed by atoms with van der Waals surface area (Å²) in [6.07, 6.45) is 0.270. The minimum Gasteiger partial charge on any atom is -0.493 e. The molecule has 0 aliphatic rings. The van der Waals surface area contributed by atoms with Gasteiger partial charge < -0.3 is 19.7 Å². The monoisotopic (exact) mass is 663 g/mol. The Morgan fingerprint density at radius 2 is 1.57 bits per heavy atom. The standard InChI is InChI=1S/C32H39Cl2N3O6S/c1-8-27(31(39)35-32(3,4)5)36(19-22-11-12-23(33)17-26(22)34)30(38)20-37(24-13-9-21(2)10-14-24)44(40,41)25-15-16-28(42-6)29(18-25)43-7/h9-18,27H,8,19-20H2,1-7H3,(H,35,39). The van der Waals surface area contributed by atoms with Crippen LogP contribution in [0.15, 0.2) is 65.6 Å². The summed E-state index contributed by atoms with van der Waals surface area (Å²) < 4.78 is 40.0. The summed E-state index contributed by atoms with van der Waals surface area (Å²) in [4.78, 5) is 29.0. The fourth-order valence-electron chi connectivity index (χ4n) is 4.55. The van der Waals surface area contributed by atoms with Crippen LogP contribution in [-0.2, 0) is 26.2 Å². The molecule has 0 fully saturated rings. The van der Waals surface area contributed by atoms with Crippen LogP contribution in [0.25, 0.3) is 0 Å². The maximum Gasteiger partial charge on any atom is 0.264 e. The smallest absolute Gasteiger partial charge is 0.264 e. The number of ether oxygens (including phenoxy) is 2. The lowest BCUT2D eigenvalue weighted by molar-refractivity contribution is -0.141. The number of carbonyl (C=O) groups excluding carboxylic acids is 2. The Bertz CT molecular complexity index is 1590. The minimum absolute atomic E-state index is 0.0525. The van der Waals surface area contributed by atoms with Crippen molar-refractivity contribution in [3.63, 3.8) is 0 Å². The van der Waals surface area contributed by atoms with E-state index in [4.69, 9.17) is 32.7 Å². The predicted molar refractivity (Wildman–Crippen MR) is 174 cm³/mol. The van der Waals surface area contributed by atoms with E-state index in [0.717, 1.165) is 9.87 Å². The molecular weight excluding hydrogens is 625 g/mol. The summed E-state index contributed by atoms with van der Waals surface area (Å²) in [6.45, 7) is 8.54. The van der Waals surface area contributed by atoms with E-state index in [1.54, 1.807) is 49.4 Å². The number of benzene rings is 3. The molecule has 0 heterocycles. The molecule has 3 rings (SSSR count). The second-order valence-corrected chi connectivity index (χ2v) is 14.0. The Morgan fingerprint density at radius 1 is 0.932 bits per heavy atom. The van der Waals surface area contributed by atoms with Gasteiger partial charge in [0.1, 0.15) is 12.6 Å². The second-order valence-electron chi connectivity index (χ2n) is 11.3. The topological polar surface area (TPSA) is 105 Å². The van der Waals surface area contributed by atoms with Crippen LogP contribution in [-0.4, -0.2) is 57.5 Å². The van der Waals surface area contributed by atoms with Gasteiger partial charge in [-0.15, -0.1) is 0 Å². The van der Waals surface area contributed by atoms with E-state index in [1.807, 2.05) is 27.7 Å². The Kier molecular flexibility index (Phi) is 11.6. The van der Waals surface area contributed by atoms with Gasteiger partial charge in [0.2, 0.25) is 11.8 Å². The molecule has 0 aromatic heterocycles. The fourth-order valence-corrected chi connectivity index (χ4v) is 6.45. The van der Waals surface area contributed by atoms with E-state index >= 15 is 0 Å². The van der Waals surface area contributed by atoms with Gasteiger partial charge in [-0.1, -0.05) is 53.9 Å². The zero-order valence-corrected chi connectivity index (χ0v) is 28.3. The van der Waals surface area contributed by atoms with Crippen LogP contribution >= 0.6 is 23.2 Å². The van der Waals surface area contributed by atoms with E-state index in [9.17, 15) is 18.0 Å². The number of anilines is 1. The van der Waals surface area contributed by atoms with Crippen LogP contribution in [0.4, 0.5) is 5.69 Å². The van der Waals surface area contributed by atoms with E-state index in [1.165, 1.54) is 37.3 Å². The fraction of sp³-hybridized carbons (Fsp3) is 0.375. The van der Waals surface area contributed by atoms with Crippen LogP contribution in [0.1, 0.15) is 45.2 Å². The number of aryl methyl sites for hydroxylation is 1. The molecule has 9 nitrogen and oxygen atoms in total. The summed E-state index contributed by atoms with van der Waals surface area (Å²) in [5.74, 6) is -0.404. The molecule has 3 aromatic rings. The molecule has 12 heteroatoms. The molecular formula is C32H39Cl2N3O6S. The first-order valence-electron chi connectivity index (χ1n) is 14.0. The number of halogens is 2. The highest BCUT2D eigenvalue weighted by Gasteiger charge is 2.35. The molecule has 0 aliphatic heterocycles. The highest BCUT2D eigenvalue weighted by molar-refractivity contribution is 7.92. The maximum atomic E-state index is 14.3. The van der Waals surface area contributed by atoms with Crippen molar-refractivity contribution >= 4 is 50.7 Å². The molecule has 3 aromatic carbocycles. The van der Waals surface area contributed by atoms with E-state index in [0.29, 0.717) is 21.4 Å². The minimum atomic E-state index is -4.32. The largest absolute Gasteiger partial charge is 0.493 e. The van der Waals surface area contributed by atoms with Crippen molar-refractivity contribution in [3.8, 4) is 11.5 Å². The lowest BCUT2D eigenvalue weighted by Crippen LogP contribution is -2.55. The van der Waals surface area contributed by atoms with Crippen LogP contribution in [0.2, 0.25) is 10.0 Å². The van der Waals surface area contributed by atoms with Gasteiger partial charge in [-0.05, 0) is 76.1 Å². The summed E-state index contributed by atoms with van der Waals surface area (Å²) in [6, 6.07) is 14.9. The van der Waals surface area contributed by atoms with Crippen LogP contribution in [0.3, 0.4) is 0 Å². The van der Waals surface area contributed by atoms with Gasteiger partial charge in [0.15, 0.2) is 11.5 Å². The molecule has 1 atom stereocenters. The maximum absolute atomic E-state index is 14.3. The summed E-state index contributed by atoms with van der Waals surface area (Å²) in [7, 11) is -1.46. The first-order valence-corrected chi connectivity index (χ1v) is 16.2. The number of carbonyl (C=O) groups is 2. The van der Waals surface area contributed by atoms with Gasteiger partial charge in [-0.25, -0.2) is 8.42 Å². The average molecular weight is 665 g/mol. The average Bonchev–Trinajstić information content (AvgIpc) is 2.95. The number of hydrogen-bond donors (Lipinski definition) is 1. The second kappa shape index (κ2) is 14.5. The SMILES string of the molecule is CCC(C(=O)NC(C)(C)C)N(Cc1ccc(Cl)cc1Cl)C(=O)CN(c1ccc(C)cc1)S(=O)(=O)c1ccc(OC)c(OC)c1. The molecule has 1 N–H and O–H groups in total. The molecule has 0 aliphatic carbocycles. The van der Waals surface area contributed by atoms with Gasteiger partial charge in [-0.3, -0.25) is 13.9 Å². The summed E-state index contributed by atoms with van der Waals surface area (Å²) in [5.41, 5.74) is 1.17. The predicted octanol–water partition coefficient (Wildman–Crippen LogP) is 6.24. The third-order valence-corrected chi connectivity index (χ3v) is 9.14. The third-order valence-electron chi connectivity index (χ3n) is 6.78. The molecule has 1 unspecified atom stereocenters. The third kappa shape index (κ3) is 8.58. The molecule has 0 bridgehead atoms. The first-order chi connectivity index (χ1) is 20.6. The number of hydrogen-bond acceptors (Lipinski definition) is 6. The van der Waals surface area contributed by atoms with Crippen molar-refractivity contribution in [2.75, 3.05) is 25.1 Å². The number of nitrogens with one attached hydrogen (secondary N) is 1. The van der Waals surface area contributed by atoms with Gasteiger partial charge in [0.25, 0.3) is 10.0 Å². The lowest BCUT2D eigenvalue weighted by Gasteiger charge is -2.35. The normalized spacial score (nSPS) is 12.3. The quantitative estimate of drug-likeness (QED) is 0.246. The van der Waals surface area contributed by atoms with Crippen LogP contribution in [0, 0.1) is 6.92 Å². The molecule has 2 amide bonds. The highest BCUT2D eigenvalue weighted by Crippen LogP contribution is 2.33. The van der Waals surface area contributed by atoms with Crippen molar-refractivity contribution < 1.29 is 27.5 Å². The Morgan fingerprint density at radius 3 is 2.11 bits per heavy atom. The molecule has 0 radical (unpaired) electrons. The zero-order chi connectivity index (χ0) is 32.8. The molecule has 0 saturated heterocycles. The number of rotatable bonds is 12. The van der Waals surface area contributed by atoms with Gasteiger partial charge in [0.05, 0.1) is 24.8 Å². The molecule has 238 valence electrons. The summed E-state index contributed by atoms with van der Waals surface area (Å²) >= 11 is 12.6. The molecule has 44 heavy (non-hydrogen) atoms. The van der Waals surface area contributed by atoms with Crippen molar-refractivity contribution in [1.29, 1.82) is 0 Å².